The van der Waals surface area contributed by atoms with Crippen molar-refractivity contribution in [1.82, 2.24) is 0 Å². The molecule has 0 spiro atoms. The Morgan fingerprint density at radius 1 is 1.20 bits per heavy atom. The van der Waals surface area contributed by atoms with Crippen LogP contribution >= 0.6 is 0 Å². The van der Waals surface area contributed by atoms with Gasteiger partial charge in [0.05, 0.1) is 0 Å². The van der Waals surface area contributed by atoms with Crippen LogP contribution in [-0.4, -0.2) is 14.9 Å². The topological polar surface area (TPSA) is 9.23 Å². The fourth-order valence-corrected chi connectivity index (χ4v) is 2.52. The Morgan fingerprint density at radius 3 is 2.45 bits per heavy atom. The maximum atomic E-state index is 13.4. The smallest absolute Gasteiger partial charge is 0.191 e. The van der Waals surface area contributed by atoms with Crippen LogP contribution in [0.4, 0.5) is 8.78 Å². The lowest BCUT2D eigenvalue weighted by atomic mass is 10.2. The molecule has 0 radical (unpaired) electrons. The van der Waals surface area contributed by atoms with Gasteiger partial charge in [0.2, 0.25) is 0 Å². The summed E-state index contributed by atoms with van der Waals surface area (Å²) in [6, 6.07) is 4.18. The van der Waals surface area contributed by atoms with E-state index in [1.807, 2.05) is 6.08 Å². The van der Waals surface area contributed by atoms with Gasteiger partial charge in [-0.1, -0.05) is 45.1 Å². The largest absolute Gasteiger partial charge is 0.417 e. The normalized spacial score (nSPS) is 13.2. The maximum Gasteiger partial charge on any atom is 0.191 e. The van der Waals surface area contributed by atoms with E-state index in [2.05, 4.69) is 33.9 Å². The highest BCUT2D eigenvalue weighted by molar-refractivity contribution is 6.74. The Morgan fingerprint density at radius 2 is 1.85 bits per heavy atom. The summed E-state index contributed by atoms with van der Waals surface area (Å²) in [5, 5.41) is 0.186. The molecule has 0 heterocycles. The van der Waals surface area contributed by atoms with Crippen molar-refractivity contribution in [3.8, 4) is 0 Å². The van der Waals surface area contributed by atoms with Gasteiger partial charge >= 0.3 is 0 Å². The van der Waals surface area contributed by atoms with E-state index in [1.165, 1.54) is 6.07 Å². The van der Waals surface area contributed by atoms with Gasteiger partial charge in [-0.15, -0.1) is 0 Å². The van der Waals surface area contributed by atoms with Crippen molar-refractivity contribution in [3.63, 3.8) is 0 Å². The first-order valence-electron chi connectivity index (χ1n) is 6.90. The van der Waals surface area contributed by atoms with Gasteiger partial charge in [-0.3, -0.25) is 0 Å². The fraction of sp³-hybridized carbons (Fsp3) is 0.500. The molecule has 0 amide bonds. The second-order valence-corrected chi connectivity index (χ2v) is 11.3. The standard InChI is InChI=1S/C16H24F2OSi/c1-16(2,3)20(4,5)19-12-7-6-9-13-10-8-11-14(17)15(13)18/h6,8-11H,7,12H2,1-5H3. The lowest BCUT2D eigenvalue weighted by Crippen LogP contribution is -2.40. The zero-order valence-electron chi connectivity index (χ0n) is 13.0. The van der Waals surface area contributed by atoms with Gasteiger partial charge in [-0.25, -0.2) is 8.78 Å². The molecular weight excluding hydrogens is 274 g/mol. The molecule has 0 aliphatic rings. The van der Waals surface area contributed by atoms with E-state index in [0.29, 0.717) is 13.0 Å². The third-order valence-electron chi connectivity index (χ3n) is 3.83. The molecule has 0 N–H and O–H groups in total. The lowest BCUT2D eigenvalue weighted by molar-refractivity contribution is 0.294. The first-order valence-corrected chi connectivity index (χ1v) is 9.80. The number of halogens is 2. The fourth-order valence-electron chi connectivity index (χ4n) is 1.46. The molecule has 1 rings (SSSR count). The maximum absolute atomic E-state index is 13.4. The SMILES string of the molecule is CC(C)(C)[Si](C)(C)OCCC=Cc1cccc(F)c1F. The van der Waals surface area contributed by atoms with E-state index in [1.54, 1.807) is 12.1 Å². The van der Waals surface area contributed by atoms with Gasteiger partial charge < -0.3 is 4.43 Å². The molecule has 1 aromatic carbocycles. The molecule has 4 heteroatoms. The third-order valence-corrected chi connectivity index (χ3v) is 8.37. The van der Waals surface area contributed by atoms with E-state index in [9.17, 15) is 8.78 Å². The minimum atomic E-state index is -1.72. The van der Waals surface area contributed by atoms with Crippen molar-refractivity contribution >= 4 is 14.4 Å². The van der Waals surface area contributed by atoms with Crippen molar-refractivity contribution in [2.75, 3.05) is 6.61 Å². The number of hydrogen-bond acceptors (Lipinski definition) is 1. The molecule has 0 unspecified atom stereocenters. The van der Waals surface area contributed by atoms with Gasteiger partial charge in [-0.05, 0) is 30.6 Å². The minimum Gasteiger partial charge on any atom is -0.417 e. The predicted octanol–water partition coefficient (Wildman–Crippen LogP) is 5.39. The van der Waals surface area contributed by atoms with E-state index < -0.39 is 20.0 Å². The molecule has 0 saturated carbocycles. The van der Waals surface area contributed by atoms with Crippen molar-refractivity contribution in [2.45, 2.75) is 45.3 Å². The Kier molecular flexibility index (Phi) is 5.65. The Balaban J connectivity index is 2.49. The van der Waals surface area contributed by atoms with Crippen LogP contribution in [0.25, 0.3) is 6.08 Å². The van der Waals surface area contributed by atoms with Crippen LogP contribution in [0.15, 0.2) is 24.3 Å². The molecule has 0 aliphatic carbocycles. The van der Waals surface area contributed by atoms with E-state index in [0.717, 1.165) is 6.07 Å². The van der Waals surface area contributed by atoms with Crippen LogP contribution in [0, 0.1) is 11.6 Å². The second-order valence-electron chi connectivity index (χ2n) is 6.44. The zero-order valence-corrected chi connectivity index (χ0v) is 14.0. The number of rotatable bonds is 5. The Hall–Kier alpha value is -1.00. The van der Waals surface area contributed by atoms with Crippen molar-refractivity contribution in [3.05, 3.63) is 41.5 Å². The molecule has 0 atom stereocenters. The average Bonchev–Trinajstić information content (AvgIpc) is 2.32. The van der Waals surface area contributed by atoms with Crippen molar-refractivity contribution in [2.24, 2.45) is 0 Å². The van der Waals surface area contributed by atoms with Gasteiger partial charge in [-0.2, -0.15) is 0 Å². The van der Waals surface area contributed by atoms with E-state index in [4.69, 9.17) is 4.43 Å². The Bertz CT molecular complexity index is 476. The molecule has 1 nitrogen and oxygen atoms in total. The molecule has 0 fully saturated rings. The van der Waals surface area contributed by atoms with Gasteiger partial charge in [0.15, 0.2) is 20.0 Å². The van der Waals surface area contributed by atoms with Gasteiger partial charge in [0, 0.05) is 12.2 Å². The zero-order chi connectivity index (χ0) is 15.4. The monoisotopic (exact) mass is 298 g/mol. The molecule has 112 valence electrons. The lowest BCUT2D eigenvalue weighted by Gasteiger charge is -2.36. The highest BCUT2D eigenvalue weighted by Gasteiger charge is 2.36. The quantitative estimate of drug-likeness (QED) is 0.523. The summed E-state index contributed by atoms with van der Waals surface area (Å²) in [4.78, 5) is 0. The molecule has 0 aromatic heterocycles. The minimum absolute atomic E-state index is 0.186. The van der Waals surface area contributed by atoms with Crippen molar-refractivity contribution in [1.29, 1.82) is 0 Å². The van der Waals surface area contributed by atoms with Gasteiger partial charge in [0.1, 0.15) is 0 Å². The van der Waals surface area contributed by atoms with Crippen LogP contribution in [0.1, 0.15) is 32.8 Å². The molecule has 20 heavy (non-hydrogen) atoms. The van der Waals surface area contributed by atoms with E-state index >= 15 is 0 Å². The van der Waals surface area contributed by atoms with E-state index in [-0.39, 0.29) is 10.6 Å². The van der Waals surface area contributed by atoms with Crippen molar-refractivity contribution < 1.29 is 13.2 Å². The van der Waals surface area contributed by atoms with Crippen LogP contribution < -0.4 is 0 Å². The molecule has 0 aliphatic heterocycles. The van der Waals surface area contributed by atoms with Gasteiger partial charge in [0.25, 0.3) is 0 Å². The molecule has 0 saturated heterocycles. The first-order chi connectivity index (χ1) is 9.15. The Labute approximate surface area is 121 Å². The first kappa shape index (κ1) is 17.0. The summed E-state index contributed by atoms with van der Waals surface area (Å²) < 4.78 is 32.4. The third kappa shape index (κ3) is 4.53. The number of hydrogen-bond donors (Lipinski definition) is 0. The van der Waals surface area contributed by atoms with Crippen LogP contribution in [0.2, 0.25) is 18.1 Å². The highest BCUT2D eigenvalue weighted by Crippen LogP contribution is 2.36. The highest BCUT2D eigenvalue weighted by atomic mass is 28.4. The molecule has 1 aromatic rings. The average molecular weight is 298 g/mol. The summed E-state index contributed by atoms with van der Waals surface area (Å²) in [7, 11) is -1.72. The summed E-state index contributed by atoms with van der Waals surface area (Å²) in [6.07, 6.45) is 4.13. The summed E-state index contributed by atoms with van der Waals surface area (Å²) >= 11 is 0. The predicted molar refractivity (Wildman–Crippen MR) is 83.2 cm³/mol. The van der Waals surface area contributed by atoms with Crippen LogP contribution in [0.3, 0.4) is 0 Å². The summed E-state index contributed by atoms with van der Waals surface area (Å²) in [5.74, 6) is -1.61. The summed E-state index contributed by atoms with van der Waals surface area (Å²) in [5.41, 5.74) is 0.275. The van der Waals surface area contributed by atoms with Crippen LogP contribution in [-0.2, 0) is 4.43 Å². The molecular formula is C16H24F2OSi. The second kappa shape index (κ2) is 6.63. The summed E-state index contributed by atoms with van der Waals surface area (Å²) in [6.45, 7) is 11.6. The van der Waals surface area contributed by atoms with Crippen LogP contribution in [0.5, 0.6) is 0 Å². The number of benzene rings is 1. The molecule has 0 bridgehead atoms.